The molecule has 0 heterocycles. The van der Waals surface area contributed by atoms with Crippen molar-refractivity contribution >= 4 is 21.9 Å². The molecule has 1 atom stereocenters. The standard InChI is InChI=1S/C11H13BrO4/c1-15-10-4-3-7(5-8(10)12)9(13)6-11(14)16-2/h3-5,9,13H,6H2,1-2H3/t9-/m1/s1. The zero-order chi connectivity index (χ0) is 12.1. The van der Waals surface area contributed by atoms with Crippen LogP contribution in [-0.2, 0) is 9.53 Å². The molecule has 1 aromatic rings. The Balaban J connectivity index is 2.80. The second-order valence-corrected chi connectivity index (χ2v) is 4.04. The summed E-state index contributed by atoms with van der Waals surface area (Å²) in [6.07, 6.45) is -0.926. The van der Waals surface area contributed by atoms with Crippen LogP contribution < -0.4 is 4.74 Å². The van der Waals surface area contributed by atoms with E-state index in [1.54, 1.807) is 25.3 Å². The second-order valence-electron chi connectivity index (χ2n) is 3.19. The van der Waals surface area contributed by atoms with Gasteiger partial charge < -0.3 is 14.6 Å². The molecule has 0 aliphatic carbocycles. The Labute approximate surface area is 102 Å². The van der Waals surface area contributed by atoms with Crippen molar-refractivity contribution in [3.05, 3.63) is 28.2 Å². The van der Waals surface area contributed by atoms with Gasteiger partial charge in [-0.1, -0.05) is 6.07 Å². The summed E-state index contributed by atoms with van der Waals surface area (Å²) < 4.78 is 10.3. The first kappa shape index (κ1) is 13.0. The maximum Gasteiger partial charge on any atom is 0.308 e. The van der Waals surface area contributed by atoms with Gasteiger partial charge in [0.15, 0.2) is 0 Å². The van der Waals surface area contributed by atoms with Gasteiger partial charge in [-0.3, -0.25) is 4.79 Å². The molecular formula is C11H13BrO4. The number of hydrogen-bond acceptors (Lipinski definition) is 4. The predicted octanol–water partition coefficient (Wildman–Crippen LogP) is 2.05. The second kappa shape index (κ2) is 5.86. The topological polar surface area (TPSA) is 55.8 Å². The van der Waals surface area contributed by atoms with Crippen molar-refractivity contribution in [2.45, 2.75) is 12.5 Å². The van der Waals surface area contributed by atoms with E-state index < -0.39 is 12.1 Å². The number of benzene rings is 1. The minimum atomic E-state index is -0.866. The lowest BCUT2D eigenvalue weighted by molar-refractivity contribution is -0.142. The fraction of sp³-hybridized carbons (Fsp3) is 0.364. The molecule has 0 fully saturated rings. The molecule has 0 bridgehead atoms. The number of halogens is 1. The third-order valence-corrected chi connectivity index (χ3v) is 2.77. The fourth-order valence-electron chi connectivity index (χ4n) is 1.25. The molecule has 0 unspecified atom stereocenters. The SMILES string of the molecule is COC(=O)C[C@@H](O)c1ccc(OC)c(Br)c1. The summed E-state index contributed by atoms with van der Waals surface area (Å²) in [4.78, 5) is 11.0. The smallest absolute Gasteiger partial charge is 0.308 e. The third kappa shape index (κ3) is 3.21. The van der Waals surface area contributed by atoms with Crippen molar-refractivity contribution < 1.29 is 19.4 Å². The third-order valence-electron chi connectivity index (χ3n) is 2.15. The number of rotatable bonds is 4. The molecule has 0 aliphatic heterocycles. The lowest BCUT2D eigenvalue weighted by atomic mass is 10.1. The van der Waals surface area contributed by atoms with Crippen LogP contribution >= 0.6 is 15.9 Å². The molecule has 0 saturated carbocycles. The first-order valence-corrected chi connectivity index (χ1v) is 5.46. The highest BCUT2D eigenvalue weighted by atomic mass is 79.9. The quantitative estimate of drug-likeness (QED) is 0.862. The van der Waals surface area contributed by atoms with Crippen LogP contribution in [0.25, 0.3) is 0 Å². The Morgan fingerprint density at radius 3 is 2.69 bits per heavy atom. The predicted molar refractivity (Wildman–Crippen MR) is 62.3 cm³/mol. The van der Waals surface area contributed by atoms with Gasteiger partial charge >= 0.3 is 5.97 Å². The summed E-state index contributed by atoms with van der Waals surface area (Å²) in [5.74, 6) is 0.230. The number of aliphatic hydroxyl groups is 1. The average molecular weight is 289 g/mol. The number of hydrogen-bond donors (Lipinski definition) is 1. The Morgan fingerprint density at radius 1 is 1.50 bits per heavy atom. The molecule has 0 radical (unpaired) electrons. The molecule has 0 spiro atoms. The van der Waals surface area contributed by atoms with Gasteiger partial charge in [-0.05, 0) is 33.6 Å². The summed E-state index contributed by atoms with van der Waals surface area (Å²) in [7, 11) is 2.85. The van der Waals surface area contributed by atoms with Crippen LogP contribution in [0.15, 0.2) is 22.7 Å². The van der Waals surface area contributed by atoms with Crippen LogP contribution in [0.5, 0.6) is 5.75 Å². The zero-order valence-corrected chi connectivity index (χ0v) is 10.7. The molecule has 1 aromatic carbocycles. The van der Waals surface area contributed by atoms with Crippen LogP contribution in [0.2, 0.25) is 0 Å². The number of carbonyl (C=O) groups excluding carboxylic acids is 1. The number of ether oxygens (including phenoxy) is 2. The summed E-state index contributed by atoms with van der Waals surface area (Å²) in [6.45, 7) is 0. The molecule has 88 valence electrons. The van der Waals surface area contributed by atoms with E-state index in [1.807, 2.05) is 0 Å². The highest BCUT2D eigenvalue weighted by Crippen LogP contribution is 2.29. The van der Waals surface area contributed by atoms with Crippen LogP contribution in [-0.4, -0.2) is 25.3 Å². The van der Waals surface area contributed by atoms with Crippen LogP contribution in [0.1, 0.15) is 18.1 Å². The molecule has 1 rings (SSSR count). The van der Waals surface area contributed by atoms with Crippen molar-refractivity contribution in [1.82, 2.24) is 0 Å². The highest BCUT2D eigenvalue weighted by molar-refractivity contribution is 9.10. The minimum Gasteiger partial charge on any atom is -0.496 e. The van der Waals surface area contributed by atoms with E-state index in [2.05, 4.69) is 20.7 Å². The van der Waals surface area contributed by atoms with E-state index >= 15 is 0 Å². The number of aliphatic hydroxyl groups excluding tert-OH is 1. The summed E-state index contributed by atoms with van der Waals surface area (Å²) in [6, 6.07) is 5.14. The Morgan fingerprint density at radius 2 is 2.19 bits per heavy atom. The van der Waals surface area contributed by atoms with Gasteiger partial charge in [0, 0.05) is 0 Å². The van der Waals surface area contributed by atoms with E-state index in [1.165, 1.54) is 7.11 Å². The molecule has 4 nitrogen and oxygen atoms in total. The van der Waals surface area contributed by atoms with Gasteiger partial charge in [0.25, 0.3) is 0 Å². The molecule has 0 aliphatic rings. The van der Waals surface area contributed by atoms with Crippen LogP contribution in [0.4, 0.5) is 0 Å². The lowest BCUT2D eigenvalue weighted by Gasteiger charge is -2.11. The van der Waals surface area contributed by atoms with Gasteiger partial charge in [-0.15, -0.1) is 0 Å². The Kier molecular flexibility index (Phi) is 4.76. The molecule has 0 saturated heterocycles. The number of carbonyl (C=O) groups is 1. The number of methoxy groups -OCH3 is 2. The van der Waals surface area contributed by atoms with Crippen molar-refractivity contribution in [2.75, 3.05) is 14.2 Å². The first-order chi connectivity index (χ1) is 7.58. The maximum atomic E-state index is 11.0. The van der Waals surface area contributed by atoms with Gasteiger partial charge in [-0.2, -0.15) is 0 Å². The minimum absolute atomic E-state index is 0.0602. The van der Waals surface area contributed by atoms with Crippen molar-refractivity contribution in [3.63, 3.8) is 0 Å². The molecule has 16 heavy (non-hydrogen) atoms. The first-order valence-electron chi connectivity index (χ1n) is 4.66. The molecule has 0 amide bonds. The molecular weight excluding hydrogens is 276 g/mol. The summed E-state index contributed by atoms with van der Waals surface area (Å²) in [5.41, 5.74) is 0.637. The van der Waals surface area contributed by atoms with Crippen LogP contribution in [0, 0.1) is 0 Å². The highest BCUT2D eigenvalue weighted by Gasteiger charge is 2.14. The maximum absolute atomic E-state index is 11.0. The Hall–Kier alpha value is -1.07. The number of esters is 1. The molecule has 5 heteroatoms. The van der Waals surface area contributed by atoms with Crippen molar-refractivity contribution in [2.24, 2.45) is 0 Å². The summed E-state index contributed by atoms with van der Waals surface area (Å²) >= 11 is 3.31. The largest absolute Gasteiger partial charge is 0.496 e. The van der Waals surface area contributed by atoms with Gasteiger partial charge in [0.1, 0.15) is 5.75 Å². The lowest BCUT2D eigenvalue weighted by Crippen LogP contribution is -2.08. The zero-order valence-electron chi connectivity index (χ0n) is 9.07. The molecule has 0 aromatic heterocycles. The average Bonchev–Trinajstić information content (AvgIpc) is 2.28. The fourth-order valence-corrected chi connectivity index (χ4v) is 1.81. The van der Waals surface area contributed by atoms with E-state index in [9.17, 15) is 9.90 Å². The van der Waals surface area contributed by atoms with E-state index in [0.717, 1.165) is 4.47 Å². The van der Waals surface area contributed by atoms with Crippen LogP contribution in [0.3, 0.4) is 0 Å². The van der Waals surface area contributed by atoms with E-state index in [0.29, 0.717) is 11.3 Å². The van der Waals surface area contributed by atoms with Crippen molar-refractivity contribution in [1.29, 1.82) is 0 Å². The molecule has 1 N–H and O–H groups in total. The van der Waals surface area contributed by atoms with Gasteiger partial charge in [0.05, 0.1) is 31.2 Å². The monoisotopic (exact) mass is 288 g/mol. The van der Waals surface area contributed by atoms with E-state index in [4.69, 9.17) is 4.74 Å². The van der Waals surface area contributed by atoms with E-state index in [-0.39, 0.29) is 6.42 Å². The summed E-state index contributed by atoms with van der Waals surface area (Å²) in [5, 5.41) is 9.75. The van der Waals surface area contributed by atoms with Crippen molar-refractivity contribution in [3.8, 4) is 5.75 Å². The normalized spacial score (nSPS) is 12.0. The Bertz CT molecular complexity index is 378. The van der Waals surface area contributed by atoms with Gasteiger partial charge in [0.2, 0.25) is 0 Å². The van der Waals surface area contributed by atoms with Gasteiger partial charge in [-0.25, -0.2) is 0 Å².